The first kappa shape index (κ1) is 19.3. The SMILES string of the molecule is O=C(CCC(=O)N1CCSc2ccccc21)Nc1ccc2c(c1)OC1(CCCC1)O2. The maximum absolute atomic E-state index is 12.7. The molecule has 2 amide bonds. The Kier molecular flexibility index (Phi) is 5.06. The fourth-order valence-electron chi connectivity index (χ4n) is 4.30. The third-order valence-corrected chi connectivity index (χ3v) is 6.82. The van der Waals surface area contributed by atoms with Gasteiger partial charge in [0.1, 0.15) is 0 Å². The summed E-state index contributed by atoms with van der Waals surface area (Å²) in [5.74, 6) is 1.55. The fraction of sp³-hybridized carbons (Fsp3) is 0.391. The Morgan fingerprint density at radius 1 is 1.03 bits per heavy atom. The van der Waals surface area contributed by atoms with Gasteiger partial charge in [0.2, 0.25) is 11.8 Å². The van der Waals surface area contributed by atoms with E-state index in [1.807, 2.05) is 36.4 Å². The molecule has 2 aromatic rings. The zero-order valence-electron chi connectivity index (χ0n) is 16.7. The van der Waals surface area contributed by atoms with Crippen LogP contribution in [0.25, 0.3) is 0 Å². The molecule has 0 aromatic heterocycles. The van der Waals surface area contributed by atoms with E-state index in [1.165, 1.54) is 0 Å². The summed E-state index contributed by atoms with van der Waals surface area (Å²) in [4.78, 5) is 28.1. The second kappa shape index (κ2) is 7.87. The van der Waals surface area contributed by atoms with E-state index < -0.39 is 5.79 Å². The number of carbonyl (C=O) groups excluding carboxylic acids is 2. The Morgan fingerprint density at radius 2 is 1.83 bits per heavy atom. The largest absolute Gasteiger partial charge is 0.448 e. The molecule has 0 bridgehead atoms. The monoisotopic (exact) mass is 424 g/mol. The van der Waals surface area contributed by atoms with Crippen LogP contribution in [0.4, 0.5) is 11.4 Å². The summed E-state index contributed by atoms with van der Waals surface area (Å²) in [7, 11) is 0. The highest BCUT2D eigenvalue weighted by Gasteiger charge is 2.44. The van der Waals surface area contributed by atoms with Gasteiger partial charge >= 0.3 is 0 Å². The Hall–Kier alpha value is -2.67. The number of rotatable bonds is 4. The fourth-order valence-corrected chi connectivity index (χ4v) is 5.29. The molecule has 156 valence electrons. The highest BCUT2D eigenvalue weighted by molar-refractivity contribution is 7.99. The smallest absolute Gasteiger partial charge is 0.251 e. The average molecular weight is 425 g/mol. The van der Waals surface area contributed by atoms with E-state index in [9.17, 15) is 9.59 Å². The van der Waals surface area contributed by atoms with Crippen LogP contribution in [0.3, 0.4) is 0 Å². The minimum atomic E-state index is -0.513. The van der Waals surface area contributed by atoms with Crippen LogP contribution in [0.2, 0.25) is 0 Å². The summed E-state index contributed by atoms with van der Waals surface area (Å²) in [6.45, 7) is 0.673. The Labute approximate surface area is 179 Å². The Balaban J connectivity index is 1.17. The van der Waals surface area contributed by atoms with Crippen molar-refractivity contribution in [3.8, 4) is 11.5 Å². The summed E-state index contributed by atoms with van der Waals surface area (Å²) in [5.41, 5.74) is 1.60. The third kappa shape index (κ3) is 3.74. The molecule has 1 aliphatic carbocycles. The first-order valence-electron chi connectivity index (χ1n) is 10.5. The van der Waals surface area contributed by atoms with Crippen molar-refractivity contribution >= 4 is 35.0 Å². The van der Waals surface area contributed by atoms with Crippen LogP contribution in [0.15, 0.2) is 47.4 Å². The predicted molar refractivity (Wildman–Crippen MR) is 116 cm³/mol. The molecule has 7 heteroatoms. The van der Waals surface area contributed by atoms with Crippen LogP contribution < -0.4 is 19.7 Å². The molecule has 6 nitrogen and oxygen atoms in total. The molecule has 1 spiro atoms. The van der Waals surface area contributed by atoms with E-state index in [4.69, 9.17) is 9.47 Å². The number of carbonyl (C=O) groups is 2. The number of benzene rings is 2. The van der Waals surface area contributed by atoms with E-state index in [0.717, 1.165) is 47.8 Å². The van der Waals surface area contributed by atoms with E-state index in [-0.39, 0.29) is 24.7 Å². The van der Waals surface area contributed by atoms with Gasteiger partial charge in [0.25, 0.3) is 5.79 Å². The molecule has 30 heavy (non-hydrogen) atoms. The topological polar surface area (TPSA) is 67.9 Å². The zero-order valence-corrected chi connectivity index (χ0v) is 17.5. The number of fused-ring (bicyclic) bond motifs is 2. The zero-order chi connectivity index (χ0) is 20.6. The first-order chi connectivity index (χ1) is 14.6. The van der Waals surface area contributed by atoms with Gasteiger partial charge in [-0.2, -0.15) is 0 Å². The summed E-state index contributed by atoms with van der Waals surface area (Å²) in [5, 5.41) is 2.88. The van der Waals surface area contributed by atoms with Gasteiger partial charge in [0, 0.05) is 54.6 Å². The van der Waals surface area contributed by atoms with Crippen molar-refractivity contribution in [2.45, 2.75) is 49.2 Å². The lowest BCUT2D eigenvalue weighted by molar-refractivity contribution is -0.122. The molecule has 0 radical (unpaired) electrons. The Morgan fingerprint density at radius 3 is 2.70 bits per heavy atom. The van der Waals surface area contributed by atoms with Gasteiger partial charge in [-0.1, -0.05) is 12.1 Å². The van der Waals surface area contributed by atoms with Crippen molar-refractivity contribution in [1.82, 2.24) is 0 Å². The molecule has 2 aromatic carbocycles. The standard InChI is InChI=1S/C23H24N2O4S/c26-21(9-10-22(27)25-13-14-30-20-6-2-1-5-17(20)25)24-16-7-8-18-19(15-16)29-23(28-18)11-3-4-12-23/h1-2,5-8,15H,3-4,9-14H2,(H,24,26). The van der Waals surface area contributed by atoms with Gasteiger partial charge in [-0.15, -0.1) is 11.8 Å². The van der Waals surface area contributed by atoms with E-state index in [1.54, 1.807) is 22.7 Å². The van der Waals surface area contributed by atoms with E-state index in [0.29, 0.717) is 18.0 Å². The number of nitrogens with one attached hydrogen (secondary N) is 1. The molecule has 1 fully saturated rings. The summed E-state index contributed by atoms with van der Waals surface area (Å²) < 4.78 is 12.1. The van der Waals surface area contributed by atoms with Gasteiger partial charge < -0.3 is 19.7 Å². The minimum absolute atomic E-state index is 0.0215. The molecule has 0 atom stereocenters. The average Bonchev–Trinajstić information content (AvgIpc) is 3.37. The van der Waals surface area contributed by atoms with Crippen LogP contribution >= 0.6 is 11.8 Å². The Bertz CT molecular complexity index is 987. The van der Waals surface area contributed by atoms with Gasteiger partial charge in [-0.05, 0) is 37.1 Å². The molecule has 1 saturated carbocycles. The second-order valence-electron chi connectivity index (χ2n) is 7.89. The molecule has 5 rings (SSSR count). The van der Waals surface area contributed by atoms with Crippen molar-refractivity contribution < 1.29 is 19.1 Å². The second-order valence-corrected chi connectivity index (χ2v) is 9.03. The third-order valence-electron chi connectivity index (χ3n) is 5.78. The molecule has 3 aliphatic rings. The molecule has 2 aliphatic heterocycles. The molecular weight excluding hydrogens is 400 g/mol. The van der Waals surface area contributed by atoms with Crippen molar-refractivity contribution in [1.29, 1.82) is 0 Å². The molecule has 2 heterocycles. The lowest BCUT2D eigenvalue weighted by Gasteiger charge is -2.29. The highest BCUT2D eigenvalue weighted by atomic mass is 32.2. The van der Waals surface area contributed by atoms with Gasteiger partial charge in [0.15, 0.2) is 11.5 Å². The normalized spacial score (nSPS) is 18.3. The number of hydrogen-bond acceptors (Lipinski definition) is 5. The maximum Gasteiger partial charge on any atom is 0.251 e. The summed E-state index contributed by atoms with van der Waals surface area (Å²) in [6.07, 6.45) is 4.31. The van der Waals surface area contributed by atoms with Crippen LogP contribution in [0.5, 0.6) is 11.5 Å². The van der Waals surface area contributed by atoms with Crippen molar-refractivity contribution in [3.63, 3.8) is 0 Å². The lowest BCUT2D eigenvalue weighted by Crippen LogP contribution is -2.35. The molecule has 1 N–H and O–H groups in total. The van der Waals surface area contributed by atoms with Gasteiger partial charge in [0.05, 0.1) is 5.69 Å². The van der Waals surface area contributed by atoms with Gasteiger partial charge in [-0.25, -0.2) is 0 Å². The van der Waals surface area contributed by atoms with E-state index >= 15 is 0 Å². The van der Waals surface area contributed by atoms with Crippen molar-refractivity contribution in [3.05, 3.63) is 42.5 Å². The first-order valence-corrected chi connectivity index (χ1v) is 11.4. The molecule has 0 unspecified atom stereocenters. The number of thioether (sulfide) groups is 1. The van der Waals surface area contributed by atoms with Crippen molar-refractivity contribution in [2.24, 2.45) is 0 Å². The minimum Gasteiger partial charge on any atom is -0.448 e. The number of para-hydroxylation sites is 1. The highest BCUT2D eigenvalue weighted by Crippen LogP contribution is 2.47. The lowest BCUT2D eigenvalue weighted by atomic mass is 10.2. The van der Waals surface area contributed by atoms with Crippen LogP contribution in [-0.2, 0) is 9.59 Å². The number of hydrogen-bond donors (Lipinski definition) is 1. The maximum atomic E-state index is 12.7. The number of anilines is 2. The summed E-state index contributed by atoms with van der Waals surface area (Å²) in [6, 6.07) is 13.4. The molecular formula is C23H24N2O4S. The van der Waals surface area contributed by atoms with Gasteiger partial charge in [-0.3, -0.25) is 9.59 Å². The van der Waals surface area contributed by atoms with Crippen molar-refractivity contribution in [2.75, 3.05) is 22.5 Å². The molecule has 0 saturated heterocycles. The van der Waals surface area contributed by atoms with E-state index in [2.05, 4.69) is 5.32 Å². The van der Waals surface area contributed by atoms with Crippen LogP contribution in [0.1, 0.15) is 38.5 Å². The number of nitrogens with zero attached hydrogens (tertiary/aromatic N) is 1. The quantitative estimate of drug-likeness (QED) is 0.778. The number of amides is 2. The predicted octanol–water partition coefficient (Wildman–Crippen LogP) is 4.59. The summed E-state index contributed by atoms with van der Waals surface area (Å²) >= 11 is 1.76. The van der Waals surface area contributed by atoms with Crippen LogP contribution in [0, 0.1) is 0 Å². The van der Waals surface area contributed by atoms with Crippen LogP contribution in [-0.4, -0.2) is 29.9 Å². The number of ether oxygens (including phenoxy) is 2.